The molecular formula is C12H20N4O2. The Balaban J connectivity index is 1.76. The van der Waals surface area contributed by atoms with E-state index in [2.05, 4.69) is 20.4 Å². The van der Waals surface area contributed by atoms with Crippen LogP contribution in [0, 0.1) is 0 Å². The summed E-state index contributed by atoms with van der Waals surface area (Å²) in [6, 6.07) is 0. The van der Waals surface area contributed by atoms with Gasteiger partial charge in [0.15, 0.2) is 5.60 Å². The fraction of sp³-hybridized carbons (Fsp3) is 0.833. The molecule has 0 spiro atoms. The van der Waals surface area contributed by atoms with Crippen LogP contribution in [0.15, 0.2) is 4.52 Å². The van der Waals surface area contributed by atoms with Crippen LogP contribution in [0.1, 0.15) is 38.0 Å². The zero-order chi connectivity index (χ0) is 12.4. The summed E-state index contributed by atoms with van der Waals surface area (Å²) in [7, 11) is 0. The largest absolute Gasteiger partial charge is 0.379 e. The lowest BCUT2D eigenvalue weighted by Gasteiger charge is -2.17. The van der Waals surface area contributed by atoms with Crippen LogP contribution in [0.5, 0.6) is 0 Å². The van der Waals surface area contributed by atoms with Crippen molar-refractivity contribution in [3.8, 4) is 0 Å². The van der Waals surface area contributed by atoms with Gasteiger partial charge in [-0.25, -0.2) is 0 Å². The molecular weight excluding hydrogens is 232 g/mol. The first kappa shape index (κ1) is 11.9. The van der Waals surface area contributed by atoms with Gasteiger partial charge in [0.2, 0.25) is 0 Å². The number of rotatable bonds is 2. The predicted octanol–water partition coefficient (Wildman–Crippen LogP) is 0.631. The van der Waals surface area contributed by atoms with Crippen molar-refractivity contribution in [1.82, 2.24) is 15.5 Å². The SMILES string of the molecule is OC1(c2nc(N3CCCCCC3)no2)CCNC1. The van der Waals surface area contributed by atoms with E-state index in [1.54, 1.807) is 0 Å². The van der Waals surface area contributed by atoms with Gasteiger partial charge in [-0.15, -0.1) is 0 Å². The molecule has 18 heavy (non-hydrogen) atoms. The van der Waals surface area contributed by atoms with Gasteiger partial charge in [-0.2, -0.15) is 4.98 Å². The maximum Gasteiger partial charge on any atom is 0.266 e. The van der Waals surface area contributed by atoms with Gasteiger partial charge >= 0.3 is 0 Å². The van der Waals surface area contributed by atoms with Crippen LogP contribution in [-0.4, -0.2) is 41.4 Å². The van der Waals surface area contributed by atoms with E-state index < -0.39 is 5.60 Å². The normalized spacial score (nSPS) is 29.5. The fourth-order valence-corrected chi connectivity index (χ4v) is 2.67. The van der Waals surface area contributed by atoms with E-state index in [0.29, 0.717) is 24.8 Å². The van der Waals surface area contributed by atoms with E-state index in [4.69, 9.17) is 4.52 Å². The molecule has 0 amide bonds. The first-order valence-electron chi connectivity index (χ1n) is 6.80. The molecule has 0 bridgehead atoms. The molecule has 1 aromatic rings. The van der Waals surface area contributed by atoms with Crippen molar-refractivity contribution in [2.24, 2.45) is 0 Å². The quantitative estimate of drug-likeness (QED) is 0.804. The van der Waals surface area contributed by atoms with Gasteiger partial charge in [-0.3, -0.25) is 0 Å². The first-order chi connectivity index (χ1) is 8.78. The molecule has 0 saturated carbocycles. The third kappa shape index (κ3) is 2.22. The average molecular weight is 252 g/mol. The van der Waals surface area contributed by atoms with E-state index in [9.17, 15) is 5.11 Å². The second kappa shape index (κ2) is 4.85. The molecule has 0 radical (unpaired) electrons. The number of nitrogens with one attached hydrogen (secondary N) is 1. The van der Waals surface area contributed by atoms with Crippen molar-refractivity contribution < 1.29 is 9.63 Å². The van der Waals surface area contributed by atoms with Gasteiger partial charge in [0.25, 0.3) is 11.8 Å². The molecule has 0 aromatic carbocycles. The van der Waals surface area contributed by atoms with Gasteiger partial charge in [-0.05, 0) is 31.0 Å². The lowest BCUT2D eigenvalue weighted by Crippen LogP contribution is -2.29. The number of aromatic nitrogens is 2. The van der Waals surface area contributed by atoms with Crippen molar-refractivity contribution in [3.63, 3.8) is 0 Å². The van der Waals surface area contributed by atoms with Crippen LogP contribution >= 0.6 is 0 Å². The highest BCUT2D eigenvalue weighted by Gasteiger charge is 2.39. The summed E-state index contributed by atoms with van der Waals surface area (Å²) in [5, 5.41) is 17.5. The summed E-state index contributed by atoms with van der Waals surface area (Å²) in [5.74, 6) is 0.985. The monoisotopic (exact) mass is 252 g/mol. The topological polar surface area (TPSA) is 74.4 Å². The number of β-amino-alcohol motifs (C(OH)–C–C–N with tert-alkyl or cyclic N) is 1. The van der Waals surface area contributed by atoms with Gasteiger partial charge < -0.3 is 19.8 Å². The van der Waals surface area contributed by atoms with Gasteiger partial charge in [0, 0.05) is 19.6 Å². The summed E-state index contributed by atoms with van der Waals surface area (Å²) >= 11 is 0. The summed E-state index contributed by atoms with van der Waals surface area (Å²) in [6.07, 6.45) is 5.53. The molecule has 2 fully saturated rings. The van der Waals surface area contributed by atoms with Crippen LogP contribution in [-0.2, 0) is 5.60 Å². The summed E-state index contributed by atoms with van der Waals surface area (Å²) < 4.78 is 5.25. The Kier molecular flexibility index (Phi) is 3.22. The van der Waals surface area contributed by atoms with Crippen molar-refractivity contribution in [1.29, 1.82) is 0 Å². The number of anilines is 1. The van der Waals surface area contributed by atoms with Crippen LogP contribution in [0.3, 0.4) is 0 Å². The maximum atomic E-state index is 10.4. The molecule has 2 aliphatic heterocycles. The van der Waals surface area contributed by atoms with Crippen molar-refractivity contribution in [2.45, 2.75) is 37.7 Å². The molecule has 1 aromatic heterocycles. The second-order valence-electron chi connectivity index (χ2n) is 5.26. The van der Waals surface area contributed by atoms with Gasteiger partial charge in [0.1, 0.15) is 0 Å². The average Bonchev–Trinajstić information content (AvgIpc) is 2.94. The fourth-order valence-electron chi connectivity index (χ4n) is 2.67. The Morgan fingerprint density at radius 3 is 2.67 bits per heavy atom. The number of hydrogen-bond donors (Lipinski definition) is 2. The van der Waals surface area contributed by atoms with Crippen LogP contribution in [0.4, 0.5) is 5.95 Å². The molecule has 2 saturated heterocycles. The molecule has 3 rings (SSSR count). The van der Waals surface area contributed by atoms with Crippen LogP contribution in [0.25, 0.3) is 0 Å². The summed E-state index contributed by atoms with van der Waals surface area (Å²) in [6.45, 7) is 3.25. The van der Waals surface area contributed by atoms with E-state index >= 15 is 0 Å². The first-order valence-corrected chi connectivity index (χ1v) is 6.80. The van der Waals surface area contributed by atoms with Crippen LogP contribution in [0.2, 0.25) is 0 Å². The molecule has 6 heteroatoms. The molecule has 2 N–H and O–H groups in total. The lowest BCUT2D eigenvalue weighted by molar-refractivity contribution is 0.0243. The zero-order valence-corrected chi connectivity index (χ0v) is 10.6. The highest BCUT2D eigenvalue weighted by atomic mass is 16.5. The molecule has 1 atom stereocenters. The highest BCUT2D eigenvalue weighted by molar-refractivity contribution is 5.28. The Bertz CT molecular complexity index is 393. The zero-order valence-electron chi connectivity index (χ0n) is 10.6. The highest BCUT2D eigenvalue weighted by Crippen LogP contribution is 2.28. The summed E-state index contributed by atoms with van der Waals surface area (Å²) in [5.41, 5.74) is -0.975. The molecule has 0 aliphatic carbocycles. The second-order valence-corrected chi connectivity index (χ2v) is 5.26. The molecule has 100 valence electrons. The minimum absolute atomic E-state index is 0.353. The smallest absolute Gasteiger partial charge is 0.266 e. The van der Waals surface area contributed by atoms with Crippen molar-refractivity contribution in [2.75, 3.05) is 31.1 Å². The standard InChI is InChI=1S/C12H20N4O2/c17-12(5-6-13-9-12)10-14-11(15-18-10)16-7-3-1-2-4-8-16/h13,17H,1-9H2. The molecule has 6 nitrogen and oxygen atoms in total. The third-order valence-electron chi connectivity index (χ3n) is 3.84. The maximum absolute atomic E-state index is 10.4. The predicted molar refractivity (Wildman–Crippen MR) is 66.4 cm³/mol. The van der Waals surface area contributed by atoms with Gasteiger partial charge in [0.05, 0.1) is 0 Å². The van der Waals surface area contributed by atoms with E-state index in [-0.39, 0.29) is 0 Å². The Morgan fingerprint density at radius 1 is 1.22 bits per heavy atom. The van der Waals surface area contributed by atoms with Crippen molar-refractivity contribution >= 4 is 5.95 Å². The number of aliphatic hydroxyl groups is 1. The van der Waals surface area contributed by atoms with E-state index in [0.717, 1.165) is 19.6 Å². The Hall–Kier alpha value is -1.14. The molecule has 2 aliphatic rings. The van der Waals surface area contributed by atoms with Gasteiger partial charge in [-0.1, -0.05) is 12.8 Å². The number of hydrogen-bond acceptors (Lipinski definition) is 6. The van der Waals surface area contributed by atoms with Crippen molar-refractivity contribution in [3.05, 3.63) is 5.89 Å². The third-order valence-corrected chi connectivity index (χ3v) is 3.84. The number of nitrogens with zero attached hydrogens (tertiary/aromatic N) is 3. The van der Waals surface area contributed by atoms with E-state index in [1.165, 1.54) is 25.7 Å². The molecule has 1 unspecified atom stereocenters. The Labute approximate surface area is 106 Å². The molecule has 3 heterocycles. The Morgan fingerprint density at radius 2 is 2.00 bits per heavy atom. The minimum Gasteiger partial charge on any atom is -0.379 e. The minimum atomic E-state index is -0.975. The lowest BCUT2D eigenvalue weighted by atomic mass is 10.0. The van der Waals surface area contributed by atoms with Crippen LogP contribution < -0.4 is 10.2 Å². The van der Waals surface area contributed by atoms with E-state index in [1.807, 2.05) is 0 Å². The summed E-state index contributed by atoms with van der Waals surface area (Å²) in [4.78, 5) is 6.55.